The van der Waals surface area contributed by atoms with Crippen LogP contribution in [-0.4, -0.2) is 18.0 Å². The molecule has 16 heavy (non-hydrogen) atoms. The van der Waals surface area contributed by atoms with Crippen LogP contribution >= 0.6 is 0 Å². The Morgan fingerprint density at radius 2 is 2.44 bits per heavy atom. The fraction of sp³-hybridized carbons (Fsp3) is 0.692. The number of furan rings is 1. The van der Waals surface area contributed by atoms with Crippen molar-refractivity contribution in [1.29, 1.82) is 0 Å². The average Bonchev–Trinajstić information content (AvgIpc) is 2.89. The van der Waals surface area contributed by atoms with Crippen molar-refractivity contribution in [3.05, 3.63) is 23.7 Å². The van der Waals surface area contributed by atoms with Crippen LogP contribution in [0, 0.1) is 5.92 Å². The maximum Gasteiger partial charge on any atom is 0.122 e. The van der Waals surface area contributed by atoms with Gasteiger partial charge < -0.3 is 10.2 Å². The highest BCUT2D eigenvalue weighted by molar-refractivity contribution is 5.16. The van der Waals surface area contributed by atoms with E-state index in [9.17, 15) is 0 Å². The Labute approximate surface area is 97.6 Å². The molecule has 1 atom stereocenters. The highest BCUT2D eigenvalue weighted by Crippen LogP contribution is 2.23. The lowest BCUT2D eigenvalue weighted by Gasteiger charge is -2.15. The number of rotatable bonds is 5. The standard InChI is InChI=1S/C13H22N2O/c1-2-3-11-4-6-15(9-11)10-13-12(8-14)5-7-16-13/h5,7,11H,2-4,6,8-10,14H2,1H3. The van der Waals surface area contributed by atoms with E-state index in [1.807, 2.05) is 6.07 Å². The van der Waals surface area contributed by atoms with Gasteiger partial charge in [0.05, 0.1) is 12.8 Å². The van der Waals surface area contributed by atoms with Gasteiger partial charge >= 0.3 is 0 Å². The first-order valence-corrected chi connectivity index (χ1v) is 6.31. The highest BCUT2D eigenvalue weighted by atomic mass is 16.3. The summed E-state index contributed by atoms with van der Waals surface area (Å²) in [6, 6.07) is 1.98. The Kier molecular flexibility index (Phi) is 4.02. The topological polar surface area (TPSA) is 42.4 Å². The summed E-state index contributed by atoms with van der Waals surface area (Å²) >= 11 is 0. The Morgan fingerprint density at radius 3 is 3.19 bits per heavy atom. The quantitative estimate of drug-likeness (QED) is 0.831. The number of hydrogen-bond donors (Lipinski definition) is 1. The van der Waals surface area contributed by atoms with E-state index < -0.39 is 0 Å². The SMILES string of the molecule is CCCC1CCN(Cc2occc2CN)C1. The molecule has 1 fully saturated rings. The summed E-state index contributed by atoms with van der Waals surface area (Å²) < 4.78 is 5.49. The van der Waals surface area contributed by atoms with Gasteiger partial charge in [0.15, 0.2) is 0 Å². The number of likely N-dealkylation sites (tertiary alicyclic amines) is 1. The van der Waals surface area contributed by atoms with Crippen LogP contribution in [0.15, 0.2) is 16.7 Å². The van der Waals surface area contributed by atoms with Gasteiger partial charge in [0.1, 0.15) is 5.76 Å². The van der Waals surface area contributed by atoms with E-state index >= 15 is 0 Å². The predicted molar refractivity (Wildman–Crippen MR) is 64.9 cm³/mol. The van der Waals surface area contributed by atoms with Crippen molar-refractivity contribution >= 4 is 0 Å². The fourth-order valence-electron chi connectivity index (χ4n) is 2.59. The largest absolute Gasteiger partial charge is 0.468 e. The molecule has 1 aromatic heterocycles. The second-order valence-electron chi connectivity index (χ2n) is 4.75. The first-order chi connectivity index (χ1) is 7.83. The van der Waals surface area contributed by atoms with Crippen molar-refractivity contribution in [1.82, 2.24) is 4.90 Å². The van der Waals surface area contributed by atoms with Gasteiger partial charge in [0, 0.05) is 18.7 Å². The first-order valence-electron chi connectivity index (χ1n) is 6.31. The maximum absolute atomic E-state index is 5.67. The molecule has 2 N–H and O–H groups in total. The minimum atomic E-state index is 0.581. The van der Waals surface area contributed by atoms with Crippen molar-refractivity contribution in [3.8, 4) is 0 Å². The Hall–Kier alpha value is -0.800. The normalized spacial score (nSPS) is 21.8. The predicted octanol–water partition coefficient (Wildman–Crippen LogP) is 2.36. The zero-order valence-electron chi connectivity index (χ0n) is 10.1. The summed E-state index contributed by atoms with van der Waals surface area (Å²) in [6.45, 7) is 6.20. The van der Waals surface area contributed by atoms with Crippen molar-refractivity contribution in [2.75, 3.05) is 13.1 Å². The molecule has 1 unspecified atom stereocenters. The summed E-state index contributed by atoms with van der Waals surface area (Å²) in [6.07, 6.45) is 5.75. The molecule has 1 aromatic rings. The maximum atomic E-state index is 5.67. The lowest BCUT2D eigenvalue weighted by atomic mass is 10.0. The summed E-state index contributed by atoms with van der Waals surface area (Å²) in [4.78, 5) is 2.48. The molecule has 2 heterocycles. The van der Waals surface area contributed by atoms with E-state index in [2.05, 4.69) is 11.8 Å². The van der Waals surface area contributed by atoms with Crippen molar-refractivity contribution in [3.63, 3.8) is 0 Å². The zero-order chi connectivity index (χ0) is 11.4. The number of nitrogens with two attached hydrogens (primary N) is 1. The van der Waals surface area contributed by atoms with E-state index in [0.717, 1.165) is 23.8 Å². The summed E-state index contributed by atoms with van der Waals surface area (Å²) in [5.74, 6) is 1.95. The van der Waals surface area contributed by atoms with E-state index in [1.165, 1.54) is 32.4 Å². The van der Waals surface area contributed by atoms with Crippen molar-refractivity contribution in [2.45, 2.75) is 39.3 Å². The molecule has 0 saturated carbocycles. The van der Waals surface area contributed by atoms with Gasteiger partial charge in [0.25, 0.3) is 0 Å². The molecule has 0 spiro atoms. The fourth-order valence-corrected chi connectivity index (χ4v) is 2.59. The van der Waals surface area contributed by atoms with Gasteiger partial charge in [-0.2, -0.15) is 0 Å². The second-order valence-corrected chi connectivity index (χ2v) is 4.75. The van der Waals surface area contributed by atoms with Gasteiger partial charge in [-0.3, -0.25) is 4.90 Å². The van der Waals surface area contributed by atoms with Gasteiger partial charge in [-0.25, -0.2) is 0 Å². The molecular formula is C13H22N2O. The van der Waals surface area contributed by atoms with Crippen LogP contribution in [0.5, 0.6) is 0 Å². The van der Waals surface area contributed by atoms with E-state index in [4.69, 9.17) is 10.2 Å². The molecule has 0 bridgehead atoms. The van der Waals surface area contributed by atoms with Crippen LogP contribution in [0.25, 0.3) is 0 Å². The third-order valence-corrected chi connectivity index (χ3v) is 3.49. The van der Waals surface area contributed by atoms with Gasteiger partial charge in [0.2, 0.25) is 0 Å². The summed E-state index contributed by atoms with van der Waals surface area (Å²) in [5.41, 5.74) is 6.82. The minimum Gasteiger partial charge on any atom is -0.468 e. The Bertz CT molecular complexity index is 321. The number of nitrogens with zero attached hydrogens (tertiary/aromatic N) is 1. The van der Waals surface area contributed by atoms with Crippen LogP contribution < -0.4 is 5.73 Å². The first kappa shape index (κ1) is 11.7. The Balaban J connectivity index is 1.87. The smallest absolute Gasteiger partial charge is 0.122 e. The molecular weight excluding hydrogens is 200 g/mol. The van der Waals surface area contributed by atoms with E-state index in [1.54, 1.807) is 6.26 Å². The molecule has 3 nitrogen and oxygen atoms in total. The third kappa shape index (κ3) is 2.66. The molecule has 0 aromatic carbocycles. The molecule has 0 amide bonds. The van der Waals surface area contributed by atoms with Gasteiger partial charge in [-0.05, 0) is 31.4 Å². The van der Waals surface area contributed by atoms with Crippen LogP contribution in [0.2, 0.25) is 0 Å². The van der Waals surface area contributed by atoms with Crippen LogP contribution in [0.3, 0.4) is 0 Å². The molecule has 1 aliphatic rings. The van der Waals surface area contributed by atoms with Gasteiger partial charge in [-0.15, -0.1) is 0 Å². The lowest BCUT2D eigenvalue weighted by Crippen LogP contribution is -2.20. The number of hydrogen-bond acceptors (Lipinski definition) is 3. The monoisotopic (exact) mass is 222 g/mol. The summed E-state index contributed by atoms with van der Waals surface area (Å²) in [5, 5.41) is 0. The van der Waals surface area contributed by atoms with Crippen molar-refractivity contribution in [2.24, 2.45) is 11.7 Å². The van der Waals surface area contributed by atoms with E-state index in [0.29, 0.717) is 6.54 Å². The molecule has 1 saturated heterocycles. The van der Waals surface area contributed by atoms with Crippen LogP contribution in [0.4, 0.5) is 0 Å². The molecule has 0 aliphatic carbocycles. The minimum absolute atomic E-state index is 0.581. The summed E-state index contributed by atoms with van der Waals surface area (Å²) in [7, 11) is 0. The molecule has 90 valence electrons. The Morgan fingerprint density at radius 1 is 1.56 bits per heavy atom. The van der Waals surface area contributed by atoms with Crippen LogP contribution in [0.1, 0.15) is 37.5 Å². The highest BCUT2D eigenvalue weighted by Gasteiger charge is 2.22. The van der Waals surface area contributed by atoms with Gasteiger partial charge in [-0.1, -0.05) is 13.3 Å². The molecule has 3 heteroatoms. The third-order valence-electron chi connectivity index (χ3n) is 3.49. The second kappa shape index (κ2) is 5.51. The van der Waals surface area contributed by atoms with E-state index in [-0.39, 0.29) is 0 Å². The molecule has 0 radical (unpaired) electrons. The van der Waals surface area contributed by atoms with Crippen molar-refractivity contribution < 1.29 is 4.42 Å². The average molecular weight is 222 g/mol. The zero-order valence-corrected chi connectivity index (χ0v) is 10.1. The molecule has 2 rings (SSSR count). The lowest BCUT2D eigenvalue weighted by molar-refractivity contribution is 0.282. The molecule has 1 aliphatic heterocycles. The van der Waals surface area contributed by atoms with Crippen LogP contribution in [-0.2, 0) is 13.1 Å².